The zero-order valence-electron chi connectivity index (χ0n) is 13.1. The number of rotatable bonds is 9. The monoisotopic (exact) mass is 276 g/mol. The van der Waals surface area contributed by atoms with Gasteiger partial charge in [0.15, 0.2) is 0 Å². The first-order valence-corrected chi connectivity index (χ1v) is 8.13. The van der Waals surface area contributed by atoms with Gasteiger partial charge in [-0.2, -0.15) is 0 Å². The van der Waals surface area contributed by atoms with Gasteiger partial charge in [0.25, 0.3) is 0 Å². The molecule has 0 amide bonds. The van der Waals surface area contributed by atoms with Crippen molar-refractivity contribution in [1.29, 1.82) is 0 Å². The molecule has 4 heteroatoms. The van der Waals surface area contributed by atoms with Gasteiger partial charge in [-0.3, -0.25) is 0 Å². The number of aryl methyl sites for hydroxylation is 1. The van der Waals surface area contributed by atoms with Crippen molar-refractivity contribution in [3.05, 3.63) is 11.9 Å². The van der Waals surface area contributed by atoms with E-state index in [4.69, 9.17) is 0 Å². The van der Waals surface area contributed by atoms with Gasteiger partial charge in [0.1, 0.15) is 17.5 Å². The molecule has 0 saturated heterocycles. The standard InChI is InChI=1S/C16H28N4/c1-4-7-14-19-15(17-6-3)11-16(20-14)18-13(5-2)10-12-8-9-12/h11-13H,4-10H2,1-3H3,(H2,17,18,19,20). The van der Waals surface area contributed by atoms with Crippen molar-refractivity contribution >= 4 is 11.6 Å². The van der Waals surface area contributed by atoms with Crippen molar-refractivity contribution in [2.45, 2.75) is 65.3 Å². The molecule has 0 bridgehead atoms. The maximum atomic E-state index is 4.66. The van der Waals surface area contributed by atoms with E-state index in [1.807, 2.05) is 6.07 Å². The van der Waals surface area contributed by atoms with Crippen molar-refractivity contribution in [2.75, 3.05) is 17.2 Å². The van der Waals surface area contributed by atoms with Crippen LogP contribution in [0.15, 0.2) is 6.07 Å². The van der Waals surface area contributed by atoms with E-state index < -0.39 is 0 Å². The third-order valence-corrected chi connectivity index (χ3v) is 3.76. The fourth-order valence-electron chi connectivity index (χ4n) is 2.47. The quantitative estimate of drug-likeness (QED) is 0.719. The lowest BCUT2D eigenvalue weighted by Crippen LogP contribution is -2.20. The van der Waals surface area contributed by atoms with Crippen LogP contribution < -0.4 is 10.6 Å². The average molecular weight is 276 g/mol. The van der Waals surface area contributed by atoms with Gasteiger partial charge in [0.2, 0.25) is 0 Å². The first kappa shape index (κ1) is 15.1. The van der Waals surface area contributed by atoms with Crippen LogP contribution in [0, 0.1) is 5.92 Å². The number of aromatic nitrogens is 2. The summed E-state index contributed by atoms with van der Waals surface area (Å²) in [6, 6.07) is 2.58. The number of anilines is 2. The van der Waals surface area contributed by atoms with Gasteiger partial charge in [-0.1, -0.05) is 26.7 Å². The number of nitrogens with zero attached hydrogens (tertiary/aromatic N) is 2. The minimum Gasteiger partial charge on any atom is -0.370 e. The Morgan fingerprint density at radius 2 is 1.95 bits per heavy atom. The molecule has 112 valence electrons. The van der Waals surface area contributed by atoms with Crippen LogP contribution in [-0.4, -0.2) is 22.6 Å². The lowest BCUT2D eigenvalue weighted by atomic mass is 10.1. The lowest BCUT2D eigenvalue weighted by molar-refractivity contribution is 0.584. The Hall–Kier alpha value is -1.32. The summed E-state index contributed by atoms with van der Waals surface area (Å²) in [6.07, 6.45) is 7.26. The normalized spacial score (nSPS) is 15.9. The Balaban J connectivity index is 2.06. The molecule has 2 N–H and O–H groups in total. The maximum absolute atomic E-state index is 4.66. The van der Waals surface area contributed by atoms with Crippen LogP contribution in [0.4, 0.5) is 11.6 Å². The molecule has 0 radical (unpaired) electrons. The van der Waals surface area contributed by atoms with Gasteiger partial charge in [-0.05, 0) is 32.1 Å². The molecule has 1 aromatic rings. The Kier molecular flexibility index (Phi) is 5.62. The highest BCUT2D eigenvalue weighted by atomic mass is 15.1. The van der Waals surface area contributed by atoms with E-state index in [-0.39, 0.29) is 0 Å². The second-order valence-electron chi connectivity index (χ2n) is 5.76. The largest absolute Gasteiger partial charge is 0.370 e. The predicted octanol–water partition coefficient (Wildman–Crippen LogP) is 3.85. The molecule has 1 fully saturated rings. The van der Waals surface area contributed by atoms with Gasteiger partial charge in [0, 0.05) is 25.1 Å². The molecule has 20 heavy (non-hydrogen) atoms. The summed E-state index contributed by atoms with van der Waals surface area (Å²) in [5, 5.41) is 6.91. The SMILES string of the molecule is CCCc1nc(NCC)cc(NC(CC)CC2CC2)n1. The van der Waals surface area contributed by atoms with Crippen molar-refractivity contribution in [1.82, 2.24) is 9.97 Å². The summed E-state index contributed by atoms with van der Waals surface area (Å²) in [4.78, 5) is 9.22. The number of hydrogen-bond donors (Lipinski definition) is 2. The van der Waals surface area contributed by atoms with Crippen molar-refractivity contribution in [3.8, 4) is 0 Å². The third-order valence-electron chi connectivity index (χ3n) is 3.76. The summed E-state index contributed by atoms with van der Waals surface area (Å²) in [7, 11) is 0. The zero-order chi connectivity index (χ0) is 14.4. The van der Waals surface area contributed by atoms with Crippen molar-refractivity contribution in [2.24, 2.45) is 5.92 Å². The Morgan fingerprint density at radius 3 is 2.55 bits per heavy atom. The maximum Gasteiger partial charge on any atom is 0.133 e. The molecule has 1 unspecified atom stereocenters. The second kappa shape index (κ2) is 7.46. The molecule has 1 aromatic heterocycles. The van der Waals surface area contributed by atoms with Gasteiger partial charge < -0.3 is 10.6 Å². The average Bonchev–Trinajstić information content (AvgIpc) is 3.22. The number of hydrogen-bond acceptors (Lipinski definition) is 4. The minimum absolute atomic E-state index is 0.543. The molecule has 1 aliphatic rings. The Morgan fingerprint density at radius 1 is 1.20 bits per heavy atom. The molecular weight excluding hydrogens is 248 g/mol. The predicted molar refractivity (Wildman–Crippen MR) is 85.2 cm³/mol. The highest BCUT2D eigenvalue weighted by molar-refractivity contribution is 5.48. The first-order chi connectivity index (χ1) is 9.75. The van der Waals surface area contributed by atoms with E-state index in [2.05, 4.69) is 41.4 Å². The van der Waals surface area contributed by atoms with Crippen LogP contribution in [0.25, 0.3) is 0 Å². The lowest BCUT2D eigenvalue weighted by Gasteiger charge is -2.18. The van der Waals surface area contributed by atoms with E-state index in [0.717, 1.165) is 49.2 Å². The van der Waals surface area contributed by atoms with Gasteiger partial charge >= 0.3 is 0 Å². The molecular formula is C16H28N4. The topological polar surface area (TPSA) is 49.8 Å². The summed E-state index contributed by atoms with van der Waals surface area (Å²) >= 11 is 0. The number of nitrogens with one attached hydrogen (secondary N) is 2. The molecule has 0 aromatic carbocycles. The van der Waals surface area contributed by atoms with Crippen molar-refractivity contribution < 1.29 is 0 Å². The molecule has 2 rings (SSSR count). The van der Waals surface area contributed by atoms with Crippen LogP contribution in [0.1, 0.15) is 58.7 Å². The van der Waals surface area contributed by atoms with Gasteiger partial charge in [-0.25, -0.2) is 9.97 Å². The summed E-state index contributed by atoms with van der Waals surface area (Å²) in [5.41, 5.74) is 0. The Bertz CT molecular complexity index is 391. The van der Waals surface area contributed by atoms with Crippen LogP contribution in [0.3, 0.4) is 0 Å². The van der Waals surface area contributed by atoms with Crippen LogP contribution in [0.5, 0.6) is 0 Å². The third kappa shape index (κ3) is 4.66. The van der Waals surface area contributed by atoms with Crippen molar-refractivity contribution in [3.63, 3.8) is 0 Å². The smallest absolute Gasteiger partial charge is 0.133 e. The Labute approximate surface area is 122 Å². The van der Waals surface area contributed by atoms with Gasteiger partial charge in [-0.15, -0.1) is 0 Å². The van der Waals surface area contributed by atoms with Crippen LogP contribution in [0.2, 0.25) is 0 Å². The summed E-state index contributed by atoms with van der Waals surface area (Å²) in [5.74, 6) is 3.80. The molecule has 1 atom stereocenters. The van der Waals surface area contributed by atoms with E-state index in [9.17, 15) is 0 Å². The molecule has 0 aliphatic heterocycles. The fraction of sp³-hybridized carbons (Fsp3) is 0.750. The molecule has 4 nitrogen and oxygen atoms in total. The summed E-state index contributed by atoms with van der Waals surface area (Å²) < 4.78 is 0. The van der Waals surface area contributed by atoms with E-state index in [1.54, 1.807) is 0 Å². The second-order valence-corrected chi connectivity index (χ2v) is 5.76. The summed E-state index contributed by atoms with van der Waals surface area (Å²) in [6.45, 7) is 7.40. The van der Waals surface area contributed by atoms with E-state index in [1.165, 1.54) is 19.3 Å². The van der Waals surface area contributed by atoms with Crippen LogP contribution in [-0.2, 0) is 6.42 Å². The highest BCUT2D eigenvalue weighted by Gasteiger charge is 2.24. The molecule has 1 heterocycles. The van der Waals surface area contributed by atoms with E-state index >= 15 is 0 Å². The molecule has 0 spiro atoms. The zero-order valence-corrected chi connectivity index (χ0v) is 13.1. The fourth-order valence-corrected chi connectivity index (χ4v) is 2.47. The van der Waals surface area contributed by atoms with Gasteiger partial charge in [0.05, 0.1) is 0 Å². The van der Waals surface area contributed by atoms with Crippen LogP contribution >= 0.6 is 0 Å². The molecule has 1 saturated carbocycles. The highest BCUT2D eigenvalue weighted by Crippen LogP contribution is 2.34. The first-order valence-electron chi connectivity index (χ1n) is 8.13. The molecule has 1 aliphatic carbocycles. The minimum atomic E-state index is 0.543. The van der Waals surface area contributed by atoms with E-state index in [0.29, 0.717) is 6.04 Å².